The minimum absolute atomic E-state index is 0.0174. The fourth-order valence-electron chi connectivity index (χ4n) is 6.14. The third kappa shape index (κ3) is 23.9. The zero-order chi connectivity index (χ0) is 38.8. The number of ether oxygens (including phenoxy) is 2. The highest BCUT2D eigenvalue weighted by atomic mass is 31.2. The molecule has 304 valence electrons. The summed E-state index contributed by atoms with van der Waals surface area (Å²) in [6.07, 6.45) is 14.2. The molecule has 0 amide bonds. The summed E-state index contributed by atoms with van der Waals surface area (Å²) in [5.41, 5.74) is 0. The van der Waals surface area contributed by atoms with Gasteiger partial charge in [0.25, 0.3) is 0 Å². The van der Waals surface area contributed by atoms with Crippen LogP contribution in [-0.4, -0.2) is 93.9 Å². The Bertz CT molecular complexity index is 1050. The number of phosphoric ester groups is 1. The van der Waals surface area contributed by atoms with Crippen LogP contribution in [0.4, 0.5) is 0 Å². The van der Waals surface area contributed by atoms with E-state index in [-0.39, 0.29) is 37.6 Å². The lowest BCUT2D eigenvalue weighted by Crippen LogP contribution is -2.29. The second-order valence-electron chi connectivity index (χ2n) is 14.6. The van der Waals surface area contributed by atoms with Gasteiger partial charge in [-0.1, -0.05) is 110 Å². The lowest BCUT2D eigenvalue weighted by atomic mass is 9.88. The van der Waals surface area contributed by atoms with E-state index in [1.54, 1.807) is 12.2 Å². The average Bonchev–Trinajstić information content (AvgIpc) is 3.37. The van der Waals surface area contributed by atoms with Gasteiger partial charge in [-0.05, 0) is 37.5 Å². The molecule has 1 unspecified atom stereocenters. The van der Waals surface area contributed by atoms with E-state index in [9.17, 15) is 39.2 Å². The van der Waals surface area contributed by atoms with Crippen LogP contribution in [0.2, 0.25) is 0 Å². The van der Waals surface area contributed by atoms with Crippen LogP contribution in [-0.2, 0) is 37.5 Å². The van der Waals surface area contributed by atoms with Gasteiger partial charge in [-0.25, -0.2) is 4.57 Å². The Kier molecular flexibility index (Phi) is 26.7. The molecule has 7 atom stereocenters. The van der Waals surface area contributed by atoms with E-state index in [0.717, 1.165) is 51.4 Å². The maximum Gasteiger partial charge on any atom is 0.472 e. The summed E-state index contributed by atoms with van der Waals surface area (Å²) in [4.78, 5) is 47.5. The van der Waals surface area contributed by atoms with Gasteiger partial charge in [0.1, 0.15) is 18.5 Å². The van der Waals surface area contributed by atoms with E-state index in [4.69, 9.17) is 19.1 Å². The highest BCUT2D eigenvalue weighted by Crippen LogP contribution is 2.43. The Hall–Kier alpha value is -1.70. The molecule has 0 bridgehead atoms. The molecule has 0 aromatic carbocycles. The lowest BCUT2D eigenvalue weighted by Gasteiger charge is -2.20. The molecular weight excluding hydrogens is 695 g/mol. The standard InChI is InChI=1S/C38H69O13P/c1-4-5-12-18-30(40)22-23-34-33(35(42)24-36(34)43)19-14-10-11-16-21-38(45)51-32(28-50-52(46,47)49-26-31(41)25-39)27-48-37(44)20-15-9-7-6-8-13-17-29(2)3/h22-23,29-35,39-42H,4-21,24-28H2,1-3H3,(H,46,47)/b23-22+/t30-,31-,32+,33+,34+,35-/m0/s1. The van der Waals surface area contributed by atoms with Crippen molar-refractivity contribution in [2.45, 2.75) is 167 Å². The normalized spacial score (nSPS) is 20.6. The first-order valence-corrected chi connectivity index (χ1v) is 21.1. The van der Waals surface area contributed by atoms with Gasteiger partial charge < -0.3 is 34.8 Å². The van der Waals surface area contributed by atoms with Crippen molar-refractivity contribution in [3.05, 3.63) is 12.2 Å². The molecule has 52 heavy (non-hydrogen) atoms. The molecule has 1 rings (SSSR count). The molecule has 14 heteroatoms. The summed E-state index contributed by atoms with van der Waals surface area (Å²) < 4.78 is 32.5. The van der Waals surface area contributed by atoms with Crippen molar-refractivity contribution >= 4 is 25.5 Å². The largest absolute Gasteiger partial charge is 0.472 e. The van der Waals surface area contributed by atoms with Crippen molar-refractivity contribution in [1.29, 1.82) is 0 Å². The van der Waals surface area contributed by atoms with E-state index in [2.05, 4.69) is 25.3 Å². The van der Waals surface area contributed by atoms with Crippen molar-refractivity contribution in [2.24, 2.45) is 17.8 Å². The number of aliphatic hydroxyl groups is 4. The molecule has 0 radical (unpaired) electrons. The van der Waals surface area contributed by atoms with Crippen LogP contribution in [0.1, 0.15) is 143 Å². The van der Waals surface area contributed by atoms with Gasteiger partial charge in [0, 0.05) is 25.2 Å². The second-order valence-corrected chi connectivity index (χ2v) is 16.0. The Morgan fingerprint density at radius 3 is 2.10 bits per heavy atom. The minimum Gasteiger partial charge on any atom is -0.462 e. The highest BCUT2D eigenvalue weighted by Gasteiger charge is 2.39. The summed E-state index contributed by atoms with van der Waals surface area (Å²) >= 11 is 0. The van der Waals surface area contributed by atoms with Crippen molar-refractivity contribution in [3.8, 4) is 0 Å². The van der Waals surface area contributed by atoms with Crippen molar-refractivity contribution < 1.29 is 62.8 Å². The maximum absolute atomic E-state index is 12.7. The predicted molar refractivity (Wildman–Crippen MR) is 197 cm³/mol. The first-order chi connectivity index (χ1) is 24.8. The number of phosphoric acid groups is 1. The quantitative estimate of drug-likeness (QED) is 0.0227. The summed E-state index contributed by atoms with van der Waals surface area (Å²) in [7, 11) is -4.67. The van der Waals surface area contributed by atoms with Crippen LogP contribution in [0.25, 0.3) is 0 Å². The first-order valence-electron chi connectivity index (χ1n) is 19.6. The zero-order valence-corrected chi connectivity index (χ0v) is 32.8. The smallest absolute Gasteiger partial charge is 0.462 e. The van der Waals surface area contributed by atoms with Crippen LogP contribution in [0.5, 0.6) is 0 Å². The van der Waals surface area contributed by atoms with Crippen LogP contribution >= 0.6 is 7.82 Å². The molecule has 0 saturated heterocycles. The Morgan fingerprint density at radius 2 is 1.44 bits per heavy atom. The SMILES string of the molecule is CCCCC[C@H](O)/C=C/[C@H]1C(=O)C[C@H](O)[C@@H]1CCCCCCC(=O)O[C@H](COC(=O)CCCCCCCCC(C)C)COP(=O)(O)OC[C@@H](O)CO. The molecule has 0 aliphatic heterocycles. The molecule has 0 heterocycles. The van der Waals surface area contributed by atoms with Crippen molar-refractivity contribution in [3.63, 3.8) is 0 Å². The summed E-state index contributed by atoms with van der Waals surface area (Å²) in [6.45, 7) is 4.19. The van der Waals surface area contributed by atoms with E-state index in [1.807, 2.05) is 0 Å². The Balaban J connectivity index is 2.51. The molecule has 0 aromatic rings. The number of rotatable bonds is 32. The van der Waals surface area contributed by atoms with E-state index >= 15 is 0 Å². The van der Waals surface area contributed by atoms with Gasteiger partial charge in [-0.15, -0.1) is 0 Å². The number of hydrogen-bond acceptors (Lipinski definition) is 12. The number of esters is 2. The van der Waals surface area contributed by atoms with Crippen LogP contribution < -0.4 is 0 Å². The molecule has 1 fully saturated rings. The average molecular weight is 765 g/mol. The Labute approximate surface area is 311 Å². The molecule has 13 nitrogen and oxygen atoms in total. The van der Waals surface area contributed by atoms with Crippen LogP contribution in [0.3, 0.4) is 0 Å². The molecule has 1 saturated carbocycles. The van der Waals surface area contributed by atoms with Gasteiger partial charge in [0.2, 0.25) is 0 Å². The Morgan fingerprint density at radius 1 is 0.846 bits per heavy atom. The van der Waals surface area contributed by atoms with Gasteiger partial charge >= 0.3 is 19.8 Å². The second kappa shape index (κ2) is 28.7. The monoisotopic (exact) mass is 764 g/mol. The summed E-state index contributed by atoms with van der Waals surface area (Å²) in [5.74, 6) is -1.03. The van der Waals surface area contributed by atoms with Crippen molar-refractivity contribution in [1.82, 2.24) is 0 Å². The molecule has 0 spiro atoms. The number of unbranched alkanes of at least 4 members (excludes halogenated alkanes) is 10. The van der Waals surface area contributed by atoms with Gasteiger partial charge in [-0.3, -0.25) is 23.4 Å². The fraction of sp³-hybridized carbons (Fsp3) is 0.868. The molecule has 5 N–H and O–H groups in total. The number of aliphatic hydroxyl groups excluding tert-OH is 4. The third-order valence-corrected chi connectivity index (χ3v) is 10.2. The molecule has 1 aliphatic carbocycles. The van der Waals surface area contributed by atoms with Gasteiger partial charge in [0.15, 0.2) is 6.10 Å². The third-order valence-electron chi connectivity index (χ3n) is 9.26. The number of carbonyl (C=O) groups is 3. The topological polar surface area (TPSA) is 206 Å². The summed E-state index contributed by atoms with van der Waals surface area (Å²) in [5, 5.41) is 39.0. The number of carbonyl (C=O) groups excluding carboxylic acids is 3. The minimum atomic E-state index is -4.67. The molecular formula is C38H69O13P. The fourth-order valence-corrected chi connectivity index (χ4v) is 6.93. The van der Waals surface area contributed by atoms with Crippen LogP contribution in [0, 0.1) is 17.8 Å². The van der Waals surface area contributed by atoms with Crippen LogP contribution in [0.15, 0.2) is 12.2 Å². The van der Waals surface area contributed by atoms with Gasteiger partial charge in [-0.2, -0.15) is 0 Å². The number of allylic oxidation sites excluding steroid dienone is 1. The van der Waals surface area contributed by atoms with E-state index < -0.39 is 69.9 Å². The van der Waals surface area contributed by atoms with E-state index in [1.165, 1.54) is 19.3 Å². The first kappa shape index (κ1) is 48.3. The molecule has 0 aromatic heterocycles. The number of ketones is 1. The van der Waals surface area contributed by atoms with Gasteiger partial charge in [0.05, 0.1) is 32.0 Å². The zero-order valence-electron chi connectivity index (χ0n) is 31.9. The van der Waals surface area contributed by atoms with Crippen molar-refractivity contribution in [2.75, 3.05) is 26.4 Å². The predicted octanol–water partition coefficient (Wildman–Crippen LogP) is 6.11. The summed E-state index contributed by atoms with van der Waals surface area (Å²) in [6, 6.07) is 0. The molecule has 1 aliphatic rings. The number of hydrogen-bond donors (Lipinski definition) is 5. The van der Waals surface area contributed by atoms with E-state index in [0.29, 0.717) is 38.0 Å². The highest BCUT2D eigenvalue weighted by molar-refractivity contribution is 7.47. The number of Topliss-reactive ketones (excluding diaryl/α,β-unsaturated/α-hetero) is 1. The maximum atomic E-state index is 12.7. The lowest BCUT2D eigenvalue weighted by molar-refractivity contribution is -0.161.